The highest BCUT2D eigenvalue weighted by Gasteiger charge is 2.12. The molecule has 3 aromatic carbocycles. The summed E-state index contributed by atoms with van der Waals surface area (Å²) in [4.78, 5) is 25.9. The molecule has 0 aliphatic heterocycles. The summed E-state index contributed by atoms with van der Waals surface area (Å²) in [5, 5.41) is 3.72. The van der Waals surface area contributed by atoms with Crippen molar-refractivity contribution in [3.05, 3.63) is 108 Å². The van der Waals surface area contributed by atoms with Crippen LogP contribution in [0.2, 0.25) is 0 Å². The number of hydrogen-bond acceptors (Lipinski definition) is 5. The van der Waals surface area contributed by atoms with E-state index in [4.69, 9.17) is 4.74 Å². The Labute approximate surface area is 190 Å². The van der Waals surface area contributed by atoms with Crippen LogP contribution in [-0.2, 0) is 0 Å². The molecule has 0 atom stereocenters. The second-order valence-electron chi connectivity index (χ2n) is 7.56. The number of rotatable bonds is 5. The number of pyridine rings is 1. The van der Waals surface area contributed by atoms with E-state index in [2.05, 4.69) is 20.3 Å². The molecule has 5 rings (SSSR count). The van der Waals surface area contributed by atoms with E-state index in [9.17, 15) is 4.79 Å². The number of carbonyl (C=O) groups is 1. The van der Waals surface area contributed by atoms with Crippen LogP contribution in [0.5, 0.6) is 11.6 Å². The van der Waals surface area contributed by atoms with Crippen LogP contribution in [0.1, 0.15) is 15.9 Å². The molecule has 0 aliphatic carbocycles. The number of ether oxygens (including phenoxy) is 1. The Morgan fingerprint density at radius 2 is 1.73 bits per heavy atom. The minimum atomic E-state index is -0.157. The SMILES string of the molecule is Cc1cccc(C(=O)Nc2ccc(Oc3nc(-c4cccnc4)nc4ccccc34)cc2)c1. The molecule has 0 saturated carbocycles. The maximum Gasteiger partial charge on any atom is 0.255 e. The molecular weight excluding hydrogens is 412 g/mol. The van der Waals surface area contributed by atoms with Crippen molar-refractivity contribution in [1.82, 2.24) is 15.0 Å². The van der Waals surface area contributed by atoms with Crippen molar-refractivity contribution >= 4 is 22.5 Å². The zero-order valence-electron chi connectivity index (χ0n) is 17.9. The lowest BCUT2D eigenvalue weighted by Crippen LogP contribution is -2.11. The van der Waals surface area contributed by atoms with Crippen LogP contribution in [0.4, 0.5) is 5.69 Å². The quantitative estimate of drug-likeness (QED) is 0.366. The van der Waals surface area contributed by atoms with Gasteiger partial charge in [-0.05, 0) is 67.6 Å². The highest BCUT2D eigenvalue weighted by Crippen LogP contribution is 2.30. The molecule has 2 heterocycles. The second-order valence-corrected chi connectivity index (χ2v) is 7.56. The van der Waals surface area contributed by atoms with Gasteiger partial charge in [0.05, 0.1) is 10.9 Å². The number of carbonyl (C=O) groups excluding carboxylic acids is 1. The van der Waals surface area contributed by atoms with E-state index in [1.807, 2.05) is 61.5 Å². The van der Waals surface area contributed by atoms with Gasteiger partial charge in [0, 0.05) is 29.2 Å². The zero-order valence-corrected chi connectivity index (χ0v) is 17.9. The summed E-state index contributed by atoms with van der Waals surface area (Å²) in [5.41, 5.74) is 3.92. The molecular formula is C27H20N4O2. The van der Waals surface area contributed by atoms with Gasteiger partial charge in [-0.2, -0.15) is 4.98 Å². The molecule has 0 aliphatic rings. The lowest BCUT2D eigenvalue weighted by atomic mass is 10.1. The third-order valence-electron chi connectivity index (χ3n) is 5.09. The van der Waals surface area contributed by atoms with Gasteiger partial charge in [0.1, 0.15) is 5.75 Å². The molecule has 1 amide bonds. The molecule has 0 unspecified atom stereocenters. The summed E-state index contributed by atoms with van der Waals surface area (Å²) in [6, 6.07) is 26.1. The standard InChI is InChI=1S/C27H20N4O2/c1-18-6-4-7-19(16-18)26(32)29-21-11-13-22(14-12-21)33-27-23-9-2-3-10-24(23)30-25(31-27)20-8-5-15-28-17-20/h2-17H,1H3,(H,29,32). The normalized spacial score (nSPS) is 10.7. The van der Waals surface area contributed by atoms with Gasteiger partial charge in [-0.15, -0.1) is 0 Å². The third kappa shape index (κ3) is 4.55. The summed E-state index contributed by atoms with van der Waals surface area (Å²) >= 11 is 0. The van der Waals surface area contributed by atoms with Crippen LogP contribution < -0.4 is 10.1 Å². The van der Waals surface area contributed by atoms with E-state index in [1.165, 1.54) is 0 Å². The summed E-state index contributed by atoms with van der Waals surface area (Å²) in [7, 11) is 0. The van der Waals surface area contributed by atoms with Gasteiger partial charge in [0.25, 0.3) is 5.91 Å². The molecule has 33 heavy (non-hydrogen) atoms. The smallest absolute Gasteiger partial charge is 0.255 e. The van der Waals surface area contributed by atoms with Crippen LogP contribution in [0, 0.1) is 6.92 Å². The number of benzene rings is 3. The van der Waals surface area contributed by atoms with Gasteiger partial charge >= 0.3 is 0 Å². The molecule has 5 aromatic rings. The van der Waals surface area contributed by atoms with Crippen LogP contribution in [0.3, 0.4) is 0 Å². The Morgan fingerprint density at radius 3 is 2.52 bits per heavy atom. The van der Waals surface area contributed by atoms with E-state index < -0.39 is 0 Å². The van der Waals surface area contributed by atoms with Crippen LogP contribution in [0.15, 0.2) is 97.3 Å². The minimum absolute atomic E-state index is 0.157. The number of hydrogen-bond donors (Lipinski definition) is 1. The predicted molar refractivity (Wildman–Crippen MR) is 128 cm³/mol. The van der Waals surface area contributed by atoms with Crippen LogP contribution in [0.25, 0.3) is 22.3 Å². The number of aromatic nitrogens is 3. The minimum Gasteiger partial charge on any atom is -0.438 e. The third-order valence-corrected chi connectivity index (χ3v) is 5.09. The van der Waals surface area contributed by atoms with E-state index in [1.54, 1.807) is 42.7 Å². The van der Waals surface area contributed by atoms with Gasteiger partial charge in [-0.25, -0.2) is 4.98 Å². The van der Waals surface area contributed by atoms with Gasteiger partial charge in [0.2, 0.25) is 5.88 Å². The van der Waals surface area contributed by atoms with Crippen molar-refractivity contribution in [1.29, 1.82) is 0 Å². The van der Waals surface area contributed by atoms with Gasteiger partial charge in [0.15, 0.2) is 5.82 Å². The Hall–Kier alpha value is -4.58. The Morgan fingerprint density at radius 1 is 0.879 bits per heavy atom. The number of anilines is 1. The lowest BCUT2D eigenvalue weighted by Gasteiger charge is -2.11. The van der Waals surface area contributed by atoms with Crippen LogP contribution in [-0.4, -0.2) is 20.9 Å². The highest BCUT2D eigenvalue weighted by molar-refractivity contribution is 6.04. The topological polar surface area (TPSA) is 77.0 Å². The number of aryl methyl sites for hydroxylation is 1. The Balaban J connectivity index is 1.40. The Bertz CT molecular complexity index is 1430. The first-order valence-corrected chi connectivity index (χ1v) is 10.5. The summed E-state index contributed by atoms with van der Waals surface area (Å²) in [6.45, 7) is 1.96. The lowest BCUT2D eigenvalue weighted by molar-refractivity contribution is 0.102. The van der Waals surface area contributed by atoms with Gasteiger partial charge in [-0.1, -0.05) is 29.8 Å². The maximum absolute atomic E-state index is 12.5. The van der Waals surface area contributed by atoms with Crippen molar-refractivity contribution < 1.29 is 9.53 Å². The number of amides is 1. The van der Waals surface area contributed by atoms with Crippen molar-refractivity contribution in [2.75, 3.05) is 5.32 Å². The molecule has 2 aromatic heterocycles. The molecule has 0 saturated heterocycles. The fraction of sp³-hybridized carbons (Fsp3) is 0.0370. The monoisotopic (exact) mass is 432 g/mol. The van der Waals surface area contributed by atoms with E-state index in [0.29, 0.717) is 28.7 Å². The molecule has 6 heteroatoms. The fourth-order valence-electron chi connectivity index (χ4n) is 3.46. The number of nitrogens with zero attached hydrogens (tertiary/aromatic N) is 3. The van der Waals surface area contributed by atoms with Crippen LogP contribution >= 0.6 is 0 Å². The number of fused-ring (bicyclic) bond motifs is 1. The molecule has 160 valence electrons. The van der Waals surface area contributed by atoms with Crippen molar-refractivity contribution in [2.45, 2.75) is 6.92 Å². The Kier molecular flexibility index (Phi) is 5.47. The summed E-state index contributed by atoms with van der Waals surface area (Å²) < 4.78 is 6.13. The first-order chi connectivity index (χ1) is 16.2. The van der Waals surface area contributed by atoms with Crippen molar-refractivity contribution in [3.63, 3.8) is 0 Å². The molecule has 0 radical (unpaired) electrons. The molecule has 0 bridgehead atoms. The summed E-state index contributed by atoms with van der Waals surface area (Å²) in [6.07, 6.45) is 3.43. The highest BCUT2D eigenvalue weighted by atomic mass is 16.5. The molecule has 6 nitrogen and oxygen atoms in total. The maximum atomic E-state index is 12.5. The van der Waals surface area contributed by atoms with Gasteiger partial charge < -0.3 is 10.1 Å². The average molecular weight is 432 g/mol. The molecule has 0 spiro atoms. The average Bonchev–Trinajstić information content (AvgIpc) is 2.85. The first kappa shape index (κ1) is 20.3. The summed E-state index contributed by atoms with van der Waals surface area (Å²) in [5.74, 6) is 1.44. The molecule has 1 N–H and O–H groups in total. The fourth-order valence-corrected chi connectivity index (χ4v) is 3.46. The predicted octanol–water partition coefficient (Wildman–Crippen LogP) is 6.04. The number of nitrogens with one attached hydrogen (secondary N) is 1. The van der Waals surface area contributed by atoms with Crippen molar-refractivity contribution in [3.8, 4) is 23.0 Å². The van der Waals surface area contributed by atoms with Crippen molar-refractivity contribution in [2.24, 2.45) is 0 Å². The van der Waals surface area contributed by atoms with E-state index >= 15 is 0 Å². The first-order valence-electron chi connectivity index (χ1n) is 10.5. The number of para-hydroxylation sites is 1. The van der Waals surface area contributed by atoms with Gasteiger partial charge in [-0.3, -0.25) is 9.78 Å². The second kappa shape index (κ2) is 8.88. The zero-order chi connectivity index (χ0) is 22.6. The van der Waals surface area contributed by atoms with E-state index in [-0.39, 0.29) is 5.91 Å². The van der Waals surface area contributed by atoms with E-state index in [0.717, 1.165) is 22.0 Å². The largest absolute Gasteiger partial charge is 0.438 e. The molecule has 0 fully saturated rings.